The van der Waals surface area contributed by atoms with Crippen LogP contribution in [0.5, 0.6) is 0 Å². The van der Waals surface area contributed by atoms with Gasteiger partial charge in [-0.15, -0.1) is 0 Å². The lowest BCUT2D eigenvalue weighted by Crippen LogP contribution is -2.39. The highest BCUT2D eigenvalue weighted by Gasteiger charge is 2.25. The summed E-state index contributed by atoms with van der Waals surface area (Å²) in [4.78, 5) is 32.5. The molecule has 3 heterocycles. The first-order chi connectivity index (χ1) is 12.8. The molecule has 7 heteroatoms. The summed E-state index contributed by atoms with van der Waals surface area (Å²) in [5.74, 6) is 1.44. The third kappa shape index (κ3) is 3.74. The van der Waals surface area contributed by atoms with Gasteiger partial charge < -0.3 is 4.57 Å². The zero-order valence-electron chi connectivity index (χ0n) is 17.4. The molecule has 1 fully saturated rings. The Hall–Kier alpha value is -1.89. The van der Waals surface area contributed by atoms with Crippen molar-refractivity contribution in [1.29, 1.82) is 0 Å². The summed E-state index contributed by atoms with van der Waals surface area (Å²) in [6, 6.07) is 0.573. The van der Waals surface area contributed by atoms with E-state index in [1.807, 2.05) is 0 Å². The van der Waals surface area contributed by atoms with E-state index < -0.39 is 0 Å². The van der Waals surface area contributed by atoms with Crippen LogP contribution < -0.4 is 11.2 Å². The van der Waals surface area contributed by atoms with Crippen molar-refractivity contribution in [3.05, 3.63) is 26.7 Å². The topological polar surface area (TPSA) is 65.1 Å². The molecule has 1 aliphatic rings. The quantitative estimate of drug-likeness (QED) is 0.777. The smallest absolute Gasteiger partial charge is 0.321 e. The first kappa shape index (κ1) is 19.9. The molecule has 2 aromatic rings. The van der Waals surface area contributed by atoms with E-state index in [2.05, 4.69) is 30.2 Å². The Balaban J connectivity index is 2.11. The van der Waals surface area contributed by atoms with Gasteiger partial charge in [0, 0.05) is 26.7 Å². The molecule has 1 saturated heterocycles. The number of imidazole rings is 1. The molecule has 0 bridgehead atoms. The van der Waals surface area contributed by atoms with Gasteiger partial charge in [0.2, 0.25) is 0 Å². The third-order valence-corrected chi connectivity index (χ3v) is 5.92. The van der Waals surface area contributed by atoms with Crippen LogP contribution in [0, 0.1) is 5.92 Å². The molecule has 0 amide bonds. The molecule has 150 valence electrons. The van der Waals surface area contributed by atoms with E-state index in [0.29, 0.717) is 23.1 Å². The third-order valence-electron chi connectivity index (χ3n) is 5.92. The monoisotopic (exact) mass is 375 g/mol. The van der Waals surface area contributed by atoms with E-state index in [4.69, 9.17) is 4.98 Å². The Morgan fingerprint density at radius 1 is 1.15 bits per heavy atom. The Morgan fingerprint density at radius 3 is 2.56 bits per heavy atom. The molecule has 0 aliphatic carbocycles. The van der Waals surface area contributed by atoms with Crippen molar-refractivity contribution in [3.8, 4) is 0 Å². The van der Waals surface area contributed by atoms with Gasteiger partial charge in [0.25, 0.3) is 5.56 Å². The second-order valence-electron chi connectivity index (χ2n) is 8.27. The highest BCUT2D eigenvalue weighted by atomic mass is 16.2. The summed E-state index contributed by atoms with van der Waals surface area (Å²) < 4.78 is 4.76. The molecule has 2 aromatic heterocycles. The second-order valence-corrected chi connectivity index (χ2v) is 8.27. The number of nitrogens with zero attached hydrogens (tertiary/aromatic N) is 5. The Bertz CT molecular complexity index is 921. The van der Waals surface area contributed by atoms with Crippen LogP contribution in [0.2, 0.25) is 0 Å². The van der Waals surface area contributed by atoms with Crippen LogP contribution in [0.1, 0.15) is 58.7 Å². The number of fused-ring (bicyclic) bond motifs is 1. The molecule has 1 aliphatic heterocycles. The summed E-state index contributed by atoms with van der Waals surface area (Å²) in [5.41, 5.74) is 0.491. The second kappa shape index (κ2) is 8.00. The van der Waals surface area contributed by atoms with Crippen LogP contribution in [-0.4, -0.2) is 36.2 Å². The molecular weight excluding hydrogens is 342 g/mol. The maximum Gasteiger partial charge on any atom is 0.332 e. The number of aromatic nitrogens is 4. The van der Waals surface area contributed by atoms with Gasteiger partial charge >= 0.3 is 5.69 Å². The molecule has 0 spiro atoms. The number of aryl methyl sites for hydroxylation is 2. The van der Waals surface area contributed by atoms with Crippen LogP contribution in [0.25, 0.3) is 11.2 Å². The molecule has 7 nitrogen and oxygen atoms in total. The molecule has 0 N–H and O–H groups in total. The highest BCUT2D eigenvalue weighted by Crippen LogP contribution is 2.23. The van der Waals surface area contributed by atoms with Crippen molar-refractivity contribution in [2.75, 3.05) is 6.54 Å². The summed E-state index contributed by atoms with van der Waals surface area (Å²) >= 11 is 0. The minimum absolute atomic E-state index is 0.249. The predicted molar refractivity (Wildman–Crippen MR) is 108 cm³/mol. The molecule has 0 radical (unpaired) electrons. The lowest BCUT2D eigenvalue weighted by atomic mass is 10.00. The van der Waals surface area contributed by atoms with E-state index in [-0.39, 0.29) is 11.2 Å². The maximum absolute atomic E-state index is 12.9. The number of rotatable bonds is 6. The fourth-order valence-electron chi connectivity index (χ4n) is 4.15. The van der Waals surface area contributed by atoms with Crippen LogP contribution in [0.3, 0.4) is 0 Å². The lowest BCUT2D eigenvalue weighted by Gasteiger charge is -2.34. The first-order valence-electron chi connectivity index (χ1n) is 10.2. The summed E-state index contributed by atoms with van der Waals surface area (Å²) in [6.45, 7) is 9.17. The minimum Gasteiger partial charge on any atom is -0.321 e. The first-order valence-corrected chi connectivity index (χ1v) is 10.2. The Kier molecular flexibility index (Phi) is 5.89. The van der Waals surface area contributed by atoms with Gasteiger partial charge in [-0.3, -0.25) is 18.8 Å². The SMILES string of the molecule is CC[C@H]1CCCCN1Cc1nc2c(c(=O)n(C)c(=O)n2C)n1CCC(C)C. The predicted octanol–water partition coefficient (Wildman–Crippen LogP) is 2.24. The molecule has 0 unspecified atom stereocenters. The van der Waals surface area contributed by atoms with Gasteiger partial charge in [-0.05, 0) is 38.1 Å². The normalized spacial score (nSPS) is 18.7. The molecular formula is C20H33N5O2. The molecule has 1 atom stereocenters. The number of hydrogen-bond donors (Lipinski definition) is 0. The van der Waals surface area contributed by atoms with Crippen LogP contribution >= 0.6 is 0 Å². The van der Waals surface area contributed by atoms with Crippen molar-refractivity contribution >= 4 is 11.2 Å². The van der Waals surface area contributed by atoms with Crippen molar-refractivity contribution in [2.24, 2.45) is 20.0 Å². The van der Waals surface area contributed by atoms with Gasteiger partial charge in [-0.1, -0.05) is 27.2 Å². The standard InChI is InChI=1S/C20H33N5O2/c1-6-15-9-7-8-11-24(15)13-16-21-18-17(25(16)12-10-14(2)3)19(26)23(5)20(27)22(18)4/h14-15H,6-13H2,1-5H3/t15-/m0/s1. The van der Waals surface area contributed by atoms with Gasteiger partial charge in [0.1, 0.15) is 5.82 Å². The van der Waals surface area contributed by atoms with E-state index in [9.17, 15) is 9.59 Å². The number of piperidine rings is 1. The van der Waals surface area contributed by atoms with E-state index in [1.165, 1.54) is 28.4 Å². The van der Waals surface area contributed by atoms with E-state index in [0.717, 1.165) is 38.3 Å². The Labute approximate surface area is 160 Å². The van der Waals surface area contributed by atoms with Gasteiger partial charge in [-0.25, -0.2) is 9.78 Å². The van der Waals surface area contributed by atoms with E-state index >= 15 is 0 Å². The Morgan fingerprint density at radius 2 is 1.89 bits per heavy atom. The van der Waals surface area contributed by atoms with Crippen LogP contribution in [0.4, 0.5) is 0 Å². The highest BCUT2D eigenvalue weighted by molar-refractivity contribution is 5.71. The van der Waals surface area contributed by atoms with E-state index in [1.54, 1.807) is 14.1 Å². The average molecular weight is 376 g/mol. The maximum atomic E-state index is 12.9. The summed E-state index contributed by atoms with van der Waals surface area (Å²) in [5, 5.41) is 0. The molecule has 0 aromatic carbocycles. The zero-order valence-corrected chi connectivity index (χ0v) is 17.4. The van der Waals surface area contributed by atoms with Gasteiger partial charge in [-0.2, -0.15) is 0 Å². The summed E-state index contributed by atoms with van der Waals surface area (Å²) in [6.07, 6.45) is 5.83. The molecule has 27 heavy (non-hydrogen) atoms. The van der Waals surface area contributed by atoms with Crippen molar-refractivity contribution < 1.29 is 0 Å². The number of likely N-dealkylation sites (tertiary alicyclic amines) is 1. The average Bonchev–Trinajstić information content (AvgIpc) is 3.01. The minimum atomic E-state index is -0.322. The zero-order chi connectivity index (χ0) is 19.7. The largest absolute Gasteiger partial charge is 0.332 e. The van der Waals surface area contributed by atoms with Crippen molar-refractivity contribution in [1.82, 2.24) is 23.6 Å². The van der Waals surface area contributed by atoms with Crippen molar-refractivity contribution in [3.63, 3.8) is 0 Å². The molecule has 3 rings (SSSR count). The molecule has 0 saturated carbocycles. The van der Waals surface area contributed by atoms with Gasteiger partial charge in [0.15, 0.2) is 11.2 Å². The van der Waals surface area contributed by atoms with Gasteiger partial charge in [0.05, 0.1) is 6.54 Å². The fourth-order valence-corrected chi connectivity index (χ4v) is 4.15. The van der Waals surface area contributed by atoms with Crippen LogP contribution in [0.15, 0.2) is 9.59 Å². The van der Waals surface area contributed by atoms with Crippen LogP contribution in [-0.2, 0) is 27.2 Å². The lowest BCUT2D eigenvalue weighted by molar-refractivity contribution is 0.131. The van der Waals surface area contributed by atoms with Crippen molar-refractivity contribution in [2.45, 2.75) is 72.0 Å². The fraction of sp³-hybridized carbons (Fsp3) is 0.750. The number of hydrogen-bond acceptors (Lipinski definition) is 4. The summed E-state index contributed by atoms with van der Waals surface area (Å²) in [7, 11) is 3.24.